The number of carbonyl (C=O) groups excluding carboxylic acids is 4. The van der Waals surface area contributed by atoms with Crippen molar-refractivity contribution in [3.8, 4) is 0 Å². The van der Waals surface area contributed by atoms with Crippen LogP contribution in [0.5, 0.6) is 0 Å². The first-order valence-electron chi connectivity index (χ1n) is 45.4. The normalized spacial score (nSPS) is 14.1. The summed E-state index contributed by atoms with van der Waals surface area (Å²) in [5.41, 5.74) is 0. The van der Waals surface area contributed by atoms with E-state index in [0.717, 1.165) is 108 Å². The molecule has 0 saturated heterocycles. The largest absolute Gasteiger partial charge is 0.472 e. The number of phosphoric ester groups is 2. The van der Waals surface area contributed by atoms with Crippen molar-refractivity contribution in [3.05, 3.63) is 0 Å². The number of aliphatic hydroxyl groups excluding tert-OH is 1. The Morgan fingerprint density at radius 2 is 0.477 bits per heavy atom. The van der Waals surface area contributed by atoms with E-state index in [1.54, 1.807) is 0 Å². The van der Waals surface area contributed by atoms with E-state index in [1.165, 1.54) is 276 Å². The molecule has 636 valence electrons. The van der Waals surface area contributed by atoms with Crippen LogP contribution in [0, 0.1) is 17.8 Å². The number of esters is 4. The van der Waals surface area contributed by atoms with E-state index in [2.05, 4.69) is 48.5 Å². The molecule has 0 aromatic carbocycles. The Morgan fingerprint density at radius 1 is 0.271 bits per heavy atom. The molecule has 0 aliphatic rings. The van der Waals surface area contributed by atoms with Crippen LogP contribution >= 0.6 is 15.6 Å². The van der Waals surface area contributed by atoms with Gasteiger partial charge in [0, 0.05) is 25.7 Å². The smallest absolute Gasteiger partial charge is 0.462 e. The van der Waals surface area contributed by atoms with Crippen LogP contribution in [0.3, 0.4) is 0 Å². The number of hydrogen-bond acceptors (Lipinski definition) is 15. The van der Waals surface area contributed by atoms with E-state index < -0.39 is 97.5 Å². The number of carbonyl (C=O) groups is 4. The quantitative estimate of drug-likeness (QED) is 0.0222. The van der Waals surface area contributed by atoms with Gasteiger partial charge in [-0.1, -0.05) is 414 Å². The number of rotatable bonds is 86. The lowest BCUT2D eigenvalue weighted by Gasteiger charge is -2.21. The van der Waals surface area contributed by atoms with Crippen LogP contribution in [0.15, 0.2) is 0 Å². The van der Waals surface area contributed by atoms with Crippen LogP contribution in [0.2, 0.25) is 0 Å². The zero-order chi connectivity index (χ0) is 78.6. The van der Waals surface area contributed by atoms with Gasteiger partial charge >= 0.3 is 39.5 Å². The van der Waals surface area contributed by atoms with Gasteiger partial charge in [-0.3, -0.25) is 37.3 Å². The van der Waals surface area contributed by atoms with E-state index in [0.29, 0.717) is 25.7 Å². The Kier molecular flexibility index (Phi) is 76.6. The second-order valence-electron chi connectivity index (χ2n) is 32.8. The summed E-state index contributed by atoms with van der Waals surface area (Å²) in [5.74, 6) is 0.244. The average molecular weight is 1560 g/mol. The summed E-state index contributed by atoms with van der Waals surface area (Å²) in [6.45, 7) is 12.0. The first-order valence-corrected chi connectivity index (χ1v) is 48.4. The van der Waals surface area contributed by atoms with Crippen LogP contribution in [0.25, 0.3) is 0 Å². The zero-order valence-corrected chi connectivity index (χ0v) is 72.4. The van der Waals surface area contributed by atoms with Crippen LogP contribution in [-0.4, -0.2) is 96.7 Å². The predicted molar refractivity (Wildman–Crippen MR) is 441 cm³/mol. The molecule has 3 unspecified atom stereocenters. The van der Waals surface area contributed by atoms with Gasteiger partial charge in [0.2, 0.25) is 0 Å². The van der Waals surface area contributed by atoms with E-state index in [-0.39, 0.29) is 25.7 Å². The summed E-state index contributed by atoms with van der Waals surface area (Å²) in [6.07, 6.45) is 69.6. The summed E-state index contributed by atoms with van der Waals surface area (Å²) in [5, 5.41) is 10.7. The van der Waals surface area contributed by atoms with Crippen molar-refractivity contribution in [2.75, 3.05) is 39.6 Å². The highest BCUT2D eigenvalue weighted by Gasteiger charge is 2.31. The molecule has 0 amide bonds. The fourth-order valence-electron chi connectivity index (χ4n) is 13.7. The maximum atomic E-state index is 13.2. The van der Waals surface area contributed by atoms with E-state index in [4.69, 9.17) is 37.0 Å². The monoisotopic (exact) mass is 1560 g/mol. The highest BCUT2D eigenvalue weighted by atomic mass is 31.2. The van der Waals surface area contributed by atoms with Gasteiger partial charge in [-0.25, -0.2) is 9.13 Å². The molecule has 107 heavy (non-hydrogen) atoms. The lowest BCUT2D eigenvalue weighted by Crippen LogP contribution is -2.30. The van der Waals surface area contributed by atoms with Crippen molar-refractivity contribution < 1.29 is 80.2 Å². The number of hydrogen-bond donors (Lipinski definition) is 3. The summed E-state index contributed by atoms with van der Waals surface area (Å²) in [4.78, 5) is 73.2. The predicted octanol–water partition coefficient (Wildman–Crippen LogP) is 26.9. The van der Waals surface area contributed by atoms with Crippen LogP contribution < -0.4 is 0 Å². The fourth-order valence-corrected chi connectivity index (χ4v) is 15.3. The SMILES string of the molecule is CCCCCCCCCCCCCCCCCCCCCCCC(=O)OC[C@H](COP(=O)(O)OC[C@@H](O)COP(=O)(O)OC[C@@H](COC(=O)CCCCCCCCCCC(C)C)OC(=O)CCCCCCCCCCCCC(C)C)OC(=O)CCCCCCCCCCCCCCCCCCCCC(C)CC. The zero-order valence-electron chi connectivity index (χ0n) is 70.6. The highest BCUT2D eigenvalue weighted by Crippen LogP contribution is 2.45. The van der Waals surface area contributed by atoms with Crippen molar-refractivity contribution in [2.24, 2.45) is 17.8 Å². The third-order valence-corrected chi connectivity index (χ3v) is 22.9. The number of unbranched alkanes of at least 4 members (excludes halogenated alkanes) is 53. The lowest BCUT2D eigenvalue weighted by molar-refractivity contribution is -0.161. The van der Waals surface area contributed by atoms with E-state index in [9.17, 15) is 43.2 Å². The lowest BCUT2D eigenvalue weighted by atomic mass is 9.99. The van der Waals surface area contributed by atoms with E-state index in [1.807, 2.05) is 0 Å². The number of aliphatic hydroxyl groups is 1. The first-order chi connectivity index (χ1) is 51.8. The van der Waals surface area contributed by atoms with Gasteiger partial charge in [0.1, 0.15) is 19.3 Å². The standard InChI is InChI=1S/C88H172O17P2/c1-8-10-11-12-13-14-15-16-17-18-19-20-21-25-28-31-34-40-48-55-62-69-85(90)98-75-83(104-87(92)71-64-57-50-41-35-32-29-26-23-22-24-27-30-33-39-47-54-61-68-81(7)9-2)77-102-106(94,95)100-73-82(89)74-101-107(96,97)103-78-84(76-99-86(91)70-63-56-49-44-43-46-53-60-67-80(5)6)105-88(93)72-65-58-51-42-37-36-38-45-52-59-66-79(3)4/h79-84,89H,8-78H2,1-7H3,(H,94,95)(H,96,97)/t81?,82-,83-,84-/m1/s1. The molecule has 0 spiro atoms. The highest BCUT2D eigenvalue weighted by molar-refractivity contribution is 7.47. The second kappa shape index (κ2) is 78.0. The fraction of sp³-hybridized carbons (Fsp3) is 0.955. The Hall–Kier alpha value is -1.94. The molecule has 0 radical (unpaired) electrons. The third kappa shape index (κ3) is 80.5. The van der Waals surface area contributed by atoms with Gasteiger partial charge in [-0.05, 0) is 43.4 Å². The molecule has 0 bridgehead atoms. The van der Waals surface area contributed by atoms with E-state index >= 15 is 0 Å². The van der Waals surface area contributed by atoms with Gasteiger partial charge in [0.05, 0.1) is 26.4 Å². The molecule has 19 heteroatoms. The molecule has 0 aromatic rings. The maximum Gasteiger partial charge on any atom is 0.472 e. The molecule has 6 atom stereocenters. The van der Waals surface area contributed by atoms with Crippen molar-refractivity contribution in [1.29, 1.82) is 0 Å². The van der Waals surface area contributed by atoms with Crippen molar-refractivity contribution >= 4 is 39.5 Å². The first kappa shape index (κ1) is 105. The molecular formula is C88H172O17P2. The van der Waals surface area contributed by atoms with Crippen molar-refractivity contribution in [3.63, 3.8) is 0 Å². The van der Waals surface area contributed by atoms with Gasteiger partial charge in [-0.15, -0.1) is 0 Å². The molecule has 3 N–H and O–H groups in total. The molecule has 0 heterocycles. The molecule has 0 aliphatic carbocycles. The number of phosphoric acid groups is 2. The molecule has 0 saturated carbocycles. The summed E-state index contributed by atoms with van der Waals surface area (Å²) >= 11 is 0. The van der Waals surface area contributed by atoms with Crippen LogP contribution in [0.1, 0.15) is 466 Å². The minimum Gasteiger partial charge on any atom is -0.462 e. The summed E-state index contributed by atoms with van der Waals surface area (Å²) in [6, 6.07) is 0. The Labute approximate surface area is 658 Å². The topological polar surface area (TPSA) is 237 Å². The van der Waals surface area contributed by atoms with Crippen molar-refractivity contribution in [2.45, 2.75) is 484 Å². The average Bonchev–Trinajstić information content (AvgIpc) is 0.904. The van der Waals surface area contributed by atoms with Gasteiger partial charge < -0.3 is 33.8 Å². The minimum absolute atomic E-state index is 0.106. The van der Waals surface area contributed by atoms with Gasteiger partial charge in [0.15, 0.2) is 12.2 Å². The molecule has 0 fully saturated rings. The molecular weight excluding hydrogens is 1390 g/mol. The van der Waals surface area contributed by atoms with Crippen molar-refractivity contribution in [1.82, 2.24) is 0 Å². The van der Waals surface area contributed by atoms with Crippen LogP contribution in [-0.2, 0) is 65.4 Å². The molecule has 0 aliphatic heterocycles. The Balaban J connectivity index is 5.22. The molecule has 0 rings (SSSR count). The maximum absolute atomic E-state index is 13.2. The Bertz CT molecular complexity index is 2060. The third-order valence-electron chi connectivity index (χ3n) is 21.0. The molecule has 17 nitrogen and oxygen atoms in total. The Morgan fingerprint density at radius 3 is 0.710 bits per heavy atom. The summed E-state index contributed by atoms with van der Waals surface area (Å²) < 4.78 is 68.9. The van der Waals surface area contributed by atoms with Crippen LogP contribution in [0.4, 0.5) is 0 Å². The van der Waals surface area contributed by atoms with Gasteiger partial charge in [0.25, 0.3) is 0 Å². The molecule has 0 aromatic heterocycles. The van der Waals surface area contributed by atoms with Gasteiger partial charge in [-0.2, -0.15) is 0 Å². The minimum atomic E-state index is -4.97. The second-order valence-corrected chi connectivity index (χ2v) is 35.7. The summed E-state index contributed by atoms with van der Waals surface area (Å²) in [7, 11) is -9.93. The number of ether oxygens (including phenoxy) is 4.